The number of carbonyl (C=O) groups excluding carboxylic acids is 1. The van der Waals surface area contributed by atoms with E-state index in [4.69, 9.17) is 22.1 Å². The van der Waals surface area contributed by atoms with E-state index in [2.05, 4.69) is 31.2 Å². The zero-order valence-corrected chi connectivity index (χ0v) is 23.3. The predicted octanol–water partition coefficient (Wildman–Crippen LogP) is 3.24. The molecule has 0 radical (unpaired) electrons. The monoisotopic (exact) mass is 554 g/mol. The summed E-state index contributed by atoms with van der Waals surface area (Å²) < 4.78 is 5.50. The van der Waals surface area contributed by atoms with Gasteiger partial charge in [-0.25, -0.2) is 9.97 Å². The molecule has 4 N–H and O–H groups in total. The fourth-order valence-electron chi connectivity index (χ4n) is 6.86. The number of piperidine rings is 1. The van der Waals surface area contributed by atoms with Crippen LogP contribution >= 0.6 is 11.6 Å². The van der Waals surface area contributed by atoms with Crippen LogP contribution < -0.4 is 11.1 Å². The molecule has 2 saturated heterocycles. The van der Waals surface area contributed by atoms with E-state index >= 15 is 0 Å². The number of hydrogen-bond donors (Lipinski definition) is 3. The third-order valence-corrected chi connectivity index (χ3v) is 9.75. The Kier molecular flexibility index (Phi) is 7.54. The van der Waals surface area contributed by atoms with Gasteiger partial charge in [0.15, 0.2) is 11.5 Å². The molecular weight excluding hydrogens is 516 g/mol. The highest BCUT2D eigenvalue weighted by Gasteiger charge is 2.48. The van der Waals surface area contributed by atoms with Gasteiger partial charge in [0.2, 0.25) is 0 Å². The standard InChI is InChI=1S/C29H39ClN6O3/c30-23-17-20(19-35-11-3-21(4-12-35)36-13-15-39-16-14-36)1-2-22(23)24-18-32-26(31)25(33-24)27(37)34-28-5-8-29(38,9-6-28)10-7-28/h1-2,17-18,21,38H,3-16,19H2,(H2,31,32)(H,34,37). The van der Waals surface area contributed by atoms with Gasteiger partial charge in [0.25, 0.3) is 5.91 Å². The molecule has 2 bridgehead atoms. The summed E-state index contributed by atoms with van der Waals surface area (Å²) in [5, 5.41) is 14.3. The first kappa shape index (κ1) is 26.9. The number of halogens is 1. The van der Waals surface area contributed by atoms with Crippen LogP contribution in [0.4, 0.5) is 5.82 Å². The topological polar surface area (TPSA) is 117 Å². The Morgan fingerprint density at radius 1 is 1.10 bits per heavy atom. The second-order valence-corrected chi connectivity index (χ2v) is 12.3. The summed E-state index contributed by atoms with van der Waals surface area (Å²) in [5.41, 5.74) is 7.76. The van der Waals surface area contributed by atoms with Gasteiger partial charge in [-0.1, -0.05) is 23.7 Å². The number of anilines is 1. The number of rotatable bonds is 6. The van der Waals surface area contributed by atoms with Crippen molar-refractivity contribution in [3.63, 3.8) is 0 Å². The van der Waals surface area contributed by atoms with Crippen LogP contribution in [-0.4, -0.2) is 87.4 Å². The number of likely N-dealkylation sites (tertiary alicyclic amines) is 1. The number of aromatic nitrogens is 2. The number of hydrogen-bond acceptors (Lipinski definition) is 8. The molecule has 2 aliphatic heterocycles. The van der Waals surface area contributed by atoms with E-state index < -0.39 is 5.60 Å². The van der Waals surface area contributed by atoms with Crippen LogP contribution in [0.25, 0.3) is 11.3 Å². The lowest BCUT2D eigenvalue weighted by molar-refractivity contribution is -0.0702. The van der Waals surface area contributed by atoms with E-state index in [1.807, 2.05) is 12.1 Å². The zero-order valence-electron chi connectivity index (χ0n) is 22.5. The van der Waals surface area contributed by atoms with E-state index in [1.54, 1.807) is 6.20 Å². The van der Waals surface area contributed by atoms with E-state index in [0.29, 0.717) is 36.0 Å². The Labute approximate surface area is 235 Å². The smallest absolute Gasteiger partial charge is 0.274 e. The predicted molar refractivity (Wildman–Crippen MR) is 150 cm³/mol. The molecule has 3 aliphatic carbocycles. The molecule has 3 heterocycles. The summed E-state index contributed by atoms with van der Waals surface area (Å²) in [6, 6.07) is 6.69. The maximum absolute atomic E-state index is 13.3. The van der Waals surface area contributed by atoms with Crippen LogP contribution in [0, 0.1) is 0 Å². The van der Waals surface area contributed by atoms with E-state index in [1.165, 1.54) is 12.8 Å². The third-order valence-electron chi connectivity index (χ3n) is 9.44. The SMILES string of the molecule is Nc1ncc(-c2ccc(CN3CCC(N4CCOCC4)CC3)cc2Cl)nc1C(=O)NC12CCC(O)(CC1)CC2. The number of nitrogens with two attached hydrogens (primary N) is 1. The summed E-state index contributed by atoms with van der Waals surface area (Å²) in [5.74, 6) is -0.216. The van der Waals surface area contributed by atoms with Gasteiger partial charge < -0.3 is 20.9 Å². The summed E-state index contributed by atoms with van der Waals surface area (Å²) in [6.07, 6.45) is 8.36. The maximum Gasteiger partial charge on any atom is 0.274 e. The highest BCUT2D eigenvalue weighted by Crippen LogP contribution is 2.46. The summed E-state index contributed by atoms with van der Waals surface area (Å²) in [6.45, 7) is 6.79. The molecule has 3 saturated carbocycles. The average Bonchev–Trinajstić information content (AvgIpc) is 2.95. The van der Waals surface area contributed by atoms with Crippen LogP contribution in [0.3, 0.4) is 0 Å². The van der Waals surface area contributed by atoms with Crippen molar-refractivity contribution < 1.29 is 14.6 Å². The lowest BCUT2D eigenvalue weighted by Gasteiger charge is -2.51. The number of aliphatic hydroxyl groups is 1. The molecule has 5 fully saturated rings. The van der Waals surface area contributed by atoms with Gasteiger partial charge in [0.05, 0.1) is 35.7 Å². The highest BCUT2D eigenvalue weighted by atomic mass is 35.5. The summed E-state index contributed by atoms with van der Waals surface area (Å²) in [7, 11) is 0. The molecule has 1 aromatic heterocycles. The molecule has 10 heteroatoms. The molecule has 1 aromatic carbocycles. The normalized spacial score (nSPS) is 28.5. The molecular formula is C29H39ClN6O3. The van der Waals surface area contributed by atoms with Gasteiger partial charge in [0, 0.05) is 36.8 Å². The van der Waals surface area contributed by atoms with Crippen molar-refractivity contribution in [3.05, 3.63) is 40.7 Å². The minimum Gasteiger partial charge on any atom is -0.390 e. The molecule has 39 heavy (non-hydrogen) atoms. The van der Waals surface area contributed by atoms with Gasteiger partial charge in [-0.15, -0.1) is 0 Å². The van der Waals surface area contributed by atoms with Gasteiger partial charge in [-0.2, -0.15) is 0 Å². The number of fused-ring (bicyclic) bond motifs is 3. The minimum atomic E-state index is -0.562. The van der Waals surface area contributed by atoms with Crippen LogP contribution in [0.2, 0.25) is 5.02 Å². The van der Waals surface area contributed by atoms with Crippen molar-refractivity contribution in [3.8, 4) is 11.3 Å². The van der Waals surface area contributed by atoms with Crippen LogP contribution in [0.1, 0.15) is 67.4 Å². The Hall–Kier alpha value is -2.30. The molecule has 7 rings (SSSR count). The number of carbonyl (C=O) groups is 1. The van der Waals surface area contributed by atoms with Crippen molar-refractivity contribution in [2.75, 3.05) is 45.1 Å². The van der Waals surface area contributed by atoms with Gasteiger partial charge >= 0.3 is 0 Å². The fraction of sp³-hybridized carbons (Fsp3) is 0.621. The molecule has 5 aliphatic rings. The van der Waals surface area contributed by atoms with Gasteiger partial charge in [-0.3, -0.25) is 14.6 Å². The molecule has 0 atom stereocenters. The average molecular weight is 555 g/mol. The molecule has 9 nitrogen and oxygen atoms in total. The molecule has 210 valence electrons. The number of morpholine rings is 1. The van der Waals surface area contributed by atoms with Crippen molar-refractivity contribution in [2.45, 2.75) is 75.1 Å². The quantitative estimate of drug-likeness (QED) is 0.498. The second-order valence-electron chi connectivity index (χ2n) is 11.9. The minimum absolute atomic E-state index is 0.101. The van der Waals surface area contributed by atoms with E-state index in [9.17, 15) is 9.90 Å². The highest BCUT2D eigenvalue weighted by molar-refractivity contribution is 6.33. The van der Waals surface area contributed by atoms with Crippen molar-refractivity contribution in [1.82, 2.24) is 25.1 Å². The largest absolute Gasteiger partial charge is 0.390 e. The van der Waals surface area contributed by atoms with E-state index in [-0.39, 0.29) is 23.0 Å². The van der Waals surface area contributed by atoms with Crippen molar-refractivity contribution in [1.29, 1.82) is 0 Å². The number of nitrogens with zero attached hydrogens (tertiary/aromatic N) is 4. The first-order chi connectivity index (χ1) is 18.8. The first-order valence-corrected chi connectivity index (χ1v) is 14.7. The number of ether oxygens (including phenoxy) is 1. The Morgan fingerprint density at radius 3 is 2.46 bits per heavy atom. The zero-order chi connectivity index (χ0) is 27.0. The lowest BCUT2D eigenvalue weighted by Crippen LogP contribution is -2.58. The molecule has 0 unspecified atom stereocenters. The van der Waals surface area contributed by atoms with Crippen LogP contribution in [-0.2, 0) is 11.3 Å². The molecule has 1 amide bonds. The second kappa shape index (κ2) is 10.9. The van der Waals surface area contributed by atoms with Gasteiger partial charge in [-0.05, 0) is 76.1 Å². The summed E-state index contributed by atoms with van der Waals surface area (Å²) >= 11 is 6.74. The number of nitrogen functional groups attached to an aromatic ring is 1. The number of amides is 1. The van der Waals surface area contributed by atoms with Crippen molar-refractivity contribution in [2.24, 2.45) is 0 Å². The van der Waals surface area contributed by atoms with Crippen LogP contribution in [0.15, 0.2) is 24.4 Å². The van der Waals surface area contributed by atoms with Gasteiger partial charge in [0.1, 0.15) is 0 Å². The van der Waals surface area contributed by atoms with Crippen LogP contribution in [0.5, 0.6) is 0 Å². The third kappa shape index (κ3) is 5.79. The lowest BCUT2D eigenvalue weighted by atomic mass is 9.63. The number of benzene rings is 1. The molecule has 0 spiro atoms. The van der Waals surface area contributed by atoms with Crippen molar-refractivity contribution >= 4 is 23.3 Å². The Balaban J connectivity index is 1.10. The first-order valence-electron chi connectivity index (χ1n) is 14.3. The molecule has 2 aromatic rings. The summed E-state index contributed by atoms with van der Waals surface area (Å²) in [4.78, 5) is 27.2. The Bertz CT molecular complexity index is 1190. The van der Waals surface area contributed by atoms with E-state index in [0.717, 1.165) is 76.3 Å². The maximum atomic E-state index is 13.3. The Morgan fingerprint density at radius 2 is 1.79 bits per heavy atom. The number of nitrogens with one attached hydrogen (secondary N) is 1. The fourth-order valence-corrected chi connectivity index (χ4v) is 7.16.